The third-order valence-electron chi connectivity index (χ3n) is 4.55. The van der Waals surface area contributed by atoms with Crippen LogP contribution < -0.4 is 5.32 Å². The maximum Gasteiger partial charge on any atom is 0.266 e. The van der Waals surface area contributed by atoms with Crippen molar-refractivity contribution in [3.63, 3.8) is 0 Å². The Morgan fingerprint density at radius 2 is 1.83 bits per heavy atom. The molecule has 2 heterocycles. The first-order valence-corrected chi connectivity index (χ1v) is 7.73. The molecule has 0 unspecified atom stereocenters. The van der Waals surface area contributed by atoms with E-state index < -0.39 is 11.5 Å². The lowest BCUT2D eigenvalue weighted by Crippen LogP contribution is -2.36. The van der Waals surface area contributed by atoms with Crippen molar-refractivity contribution in [3.05, 3.63) is 63.8 Å². The molecule has 0 saturated carbocycles. The first kappa shape index (κ1) is 14.3. The van der Waals surface area contributed by atoms with Gasteiger partial charge in [-0.1, -0.05) is 35.9 Å². The molecule has 4 rings (SSSR count). The van der Waals surface area contributed by atoms with Gasteiger partial charge in [-0.2, -0.15) is 0 Å². The number of para-hydroxylation sites is 1. The first-order valence-electron chi connectivity index (χ1n) is 7.35. The lowest BCUT2D eigenvalue weighted by molar-refractivity contribution is -0.129. The summed E-state index contributed by atoms with van der Waals surface area (Å²) in [7, 11) is 0. The Kier molecular flexibility index (Phi) is 2.86. The lowest BCUT2D eigenvalue weighted by Gasteiger charge is -2.23. The zero-order valence-electron chi connectivity index (χ0n) is 12.7. The van der Waals surface area contributed by atoms with Gasteiger partial charge in [0.1, 0.15) is 0 Å². The number of amides is 1. The number of benzene rings is 2. The van der Waals surface area contributed by atoms with Crippen LogP contribution in [0.15, 0.2) is 36.4 Å². The minimum absolute atomic E-state index is 0.371. The van der Waals surface area contributed by atoms with Crippen molar-refractivity contribution in [1.82, 2.24) is 4.98 Å². The SMILES string of the molecule is Cc1ccc(Cl)c2c1NC(=O)[C@@]2(O)c1c(C)[nH]c2ccccc12. The van der Waals surface area contributed by atoms with Crippen LogP contribution in [-0.4, -0.2) is 16.0 Å². The fraction of sp³-hybridized carbons (Fsp3) is 0.167. The van der Waals surface area contributed by atoms with Crippen LogP contribution in [-0.2, 0) is 10.4 Å². The Labute approximate surface area is 138 Å². The van der Waals surface area contributed by atoms with Gasteiger partial charge in [-0.3, -0.25) is 4.79 Å². The summed E-state index contributed by atoms with van der Waals surface area (Å²) in [4.78, 5) is 15.9. The van der Waals surface area contributed by atoms with Gasteiger partial charge in [0.05, 0.1) is 5.69 Å². The summed E-state index contributed by atoms with van der Waals surface area (Å²) in [5.74, 6) is -0.475. The molecule has 1 atom stereocenters. The van der Waals surface area contributed by atoms with Crippen LogP contribution in [0.4, 0.5) is 5.69 Å². The van der Waals surface area contributed by atoms with Crippen LogP contribution in [0.25, 0.3) is 10.9 Å². The molecule has 0 saturated heterocycles. The Morgan fingerprint density at radius 3 is 2.61 bits per heavy atom. The first-order chi connectivity index (χ1) is 10.9. The zero-order valence-corrected chi connectivity index (χ0v) is 13.5. The summed E-state index contributed by atoms with van der Waals surface area (Å²) in [6.07, 6.45) is 0. The van der Waals surface area contributed by atoms with Crippen LogP contribution in [0.3, 0.4) is 0 Å². The largest absolute Gasteiger partial charge is 0.372 e. The number of fused-ring (bicyclic) bond motifs is 2. The fourth-order valence-corrected chi connectivity index (χ4v) is 3.79. The van der Waals surface area contributed by atoms with Crippen molar-refractivity contribution >= 4 is 34.1 Å². The quantitative estimate of drug-likeness (QED) is 0.639. The van der Waals surface area contributed by atoms with E-state index in [1.165, 1.54) is 0 Å². The smallest absolute Gasteiger partial charge is 0.266 e. The monoisotopic (exact) mass is 326 g/mol. The number of anilines is 1. The molecule has 4 nitrogen and oxygen atoms in total. The van der Waals surface area contributed by atoms with Gasteiger partial charge < -0.3 is 15.4 Å². The van der Waals surface area contributed by atoms with Gasteiger partial charge in [-0.15, -0.1) is 0 Å². The van der Waals surface area contributed by atoms with E-state index in [2.05, 4.69) is 10.3 Å². The molecule has 3 N–H and O–H groups in total. The van der Waals surface area contributed by atoms with Crippen molar-refractivity contribution in [2.24, 2.45) is 0 Å². The number of hydrogen-bond donors (Lipinski definition) is 3. The van der Waals surface area contributed by atoms with Crippen LogP contribution in [0, 0.1) is 13.8 Å². The number of rotatable bonds is 1. The van der Waals surface area contributed by atoms with E-state index in [4.69, 9.17) is 11.6 Å². The van der Waals surface area contributed by atoms with Crippen LogP contribution in [0.1, 0.15) is 22.4 Å². The molecule has 23 heavy (non-hydrogen) atoms. The van der Waals surface area contributed by atoms with Gasteiger partial charge in [0.2, 0.25) is 0 Å². The highest BCUT2D eigenvalue weighted by Gasteiger charge is 2.51. The average molecular weight is 327 g/mol. The van der Waals surface area contributed by atoms with E-state index in [1.54, 1.807) is 6.07 Å². The fourth-order valence-electron chi connectivity index (χ4n) is 3.50. The number of hydrogen-bond acceptors (Lipinski definition) is 2. The van der Waals surface area contributed by atoms with E-state index in [-0.39, 0.29) is 0 Å². The molecule has 3 aromatic rings. The molecule has 1 aromatic heterocycles. The van der Waals surface area contributed by atoms with Crippen molar-refractivity contribution in [3.8, 4) is 0 Å². The number of aromatic nitrogens is 1. The highest BCUT2D eigenvalue weighted by atomic mass is 35.5. The number of nitrogens with one attached hydrogen (secondary N) is 2. The van der Waals surface area contributed by atoms with Crippen molar-refractivity contribution in [2.45, 2.75) is 19.4 Å². The van der Waals surface area contributed by atoms with Gasteiger partial charge >= 0.3 is 0 Å². The molecule has 0 spiro atoms. The maximum atomic E-state index is 12.7. The molecule has 0 bridgehead atoms. The van der Waals surface area contributed by atoms with E-state index in [0.717, 1.165) is 22.2 Å². The summed E-state index contributed by atoms with van der Waals surface area (Å²) < 4.78 is 0. The predicted molar refractivity (Wildman–Crippen MR) is 90.9 cm³/mol. The predicted octanol–water partition coefficient (Wildman–Crippen LogP) is 3.63. The molecule has 116 valence electrons. The molecule has 5 heteroatoms. The zero-order chi connectivity index (χ0) is 16.4. The Balaban J connectivity index is 2.12. The number of aromatic amines is 1. The van der Waals surface area contributed by atoms with Crippen molar-refractivity contribution in [2.75, 3.05) is 5.32 Å². The molecular weight excluding hydrogens is 312 g/mol. The van der Waals surface area contributed by atoms with Gasteiger partial charge in [0.25, 0.3) is 5.91 Å². The second-order valence-electron chi connectivity index (χ2n) is 5.95. The Morgan fingerprint density at radius 1 is 1.09 bits per heavy atom. The van der Waals surface area contributed by atoms with Gasteiger partial charge in [-0.25, -0.2) is 0 Å². The average Bonchev–Trinajstić information content (AvgIpc) is 2.99. The van der Waals surface area contributed by atoms with E-state index >= 15 is 0 Å². The minimum atomic E-state index is -1.80. The van der Waals surface area contributed by atoms with E-state index in [9.17, 15) is 9.90 Å². The Bertz CT molecular complexity index is 977. The standard InChI is InChI=1S/C18H15ClN2O2/c1-9-7-8-12(19)15-16(9)21-17(22)18(15,23)14-10(2)20-13-6-4-3-5-11(13)14/h3-8,20,23H,1-2H3,(H,21,22)/t18-/m1/s1. The normalized spacial score (nSPS) is 19.9. The van der Waals surface area contributed by atoms with E-state index in [1.807, 2.05) is 44.2 Å². The van der Waals surface area contributed by atoms with Gasteiger partial charge in [0.15, 0.2) is 5.60 Å². The summed E-state index contributed by atoms with van der Waals surface area (Å²) >= 11 is 6.35. The number of halogens is 1. The third-order valence-corrected chi connectivity index (χ3v) is 4.86. The summed E-state index contributed by atoms with van der Waals surface area (Å²) in [6, 6.07) is 11.1. The number of H-pyrrole nitrogens is 1. The molecule has 1 amide bonds. The topological polar surface area (TPSA) is 65.1 Å². The highest BCUT2D eigenvalue weighted by Crippen LogP contribution is 2.48. The number of aliphatic hydroxyl groups is 1. The summed E-state index contributed by atoms with van der Waals surface area (Å²) in [6.45, 7) is 3.73. The second kappa shape index (κ2) is 4.60. The van der Waals surface area contributed by atoms with Crippen molar-refractivity contribution in [1.29, 1.82) is 0 Å². The third kappa shape index (κ3) is 1.73. The summed E-state index contributed by atoms with van der Waals surface area (Å²) in [5.41, 5.74) is 2.25. The van der Waals surface area contributed by atoms with Gasteiger partial charge in [0, 0.05) is 32.7 Å². The number of carbonyl (C=O) groups excluding carboxylic acids is 1. The molecule has 0 fully saturated rings. The molecule has 0 radical (unpaired) electrons. The lowest BCUT2D eigenvalue weighted by atomic mass is 9.85. The highest BCUT2D eigenvalue weighted by molar-refractivity contribution is 6.33. The van der Waals surface area contributed by atoms with Crippen LogP contribution in [0.5, 0.6) is 0 Å². The minimum Gasteiger partial charge on any atom is -0.372 e. The van der Waals surface area contributed by atoms with E-state index in [0.29, 0.717) is 21.8 Å². The Hall–Kier alpha value is -2.30. The maximum absolute atomic E-state index is 12.7. The molecule has 0 aliphatic carbocycles. The summed E-state index contributed by atoms with van der Waals surface area (Å²) in [5, 5.41) is 15.4. The second-order valence-corrected chi connectivity index (χ2v) is 6.36. The molecule has 2 aromatic carbocycles. The molecule has 1 aliphatic rings. The number of carbonyl (C=O) groups is 1. The molecule has 1 aliphatic heterocycles. The van der Waals surface area contributed by atoms with Crippen molar-refractivity contribution < 1.29 is 9.90 Å². The van der Waals surface area contributed by atoms with Gasteiger partial charge in [-0.05, 0) is 31.5 Å². The number of aryl methyl sites for hydroxylation is 2. The molecular formula is C18H15ClN2O2. The van der Waals surface area contributed by atoms with Crippen LogP contribution in [0.2, 0.25) is 5.02 Å². The van der Waals surface area contributed by atoms with Crippen LogP contribution >= 0.6 is 11.6 Å².